The monoisotopic (exact) mass is 229 g/mol. The largest absolute Gasteiger partial charge is 0.491 e. The molecule has 0 fully saturated rings. The molecule has 4 nitrogen and oxygen atoms in total. The molecule has 0 aromatic heterocycles. The maximum Gasteiger partial charge on any atom is 0.229 e. The van der Waals surface area contributed by atoms with E-state index in [-0.39, 0.29) is 6.10 Å². The fraction of sp³-hybridized carbons (Fsp3) is 0.400. The van der Waals surface area contributed by atoms with Gasteiger partial charge in [0.15, 0.2) is 0 Å². The Morgan fingerprint density at radius 2 is 2.00 bits per heavy atom. The Morgan fingerprint density at radius 3 is 2.53 bits per heavy atom. The highest BCUT2D eigenvalue weighted by Gasteiger charge is 2.03. The summed E-state index contributed by atoms with van der Waals surface area (Å²) in [6, 6.07) is 6.86. The lowest BCUT2D eigenvalue weighted by Crippen LogP contribution is -2.10. The second-order valence-electron chi connectivity index (χ2n) is 3.57. The minimum absolute atomic E-state index is 0.0680. The first kappa shape index (κ1) is 11.8. The summed E-state index contributed by atoms with van der Waals surface area (Å²) in [6.45, 7) is 3.83. The summed E-state index contributed by atoms with van der Waals surface area (Å²) in [6.07, 6.45) is 1.18. The van der Waals surface area contributed by atoms with Crippen LogP contribution >= 0.6 is 0 Å². The van der Waals surface area contributed by atoms with Crippen molar-refractivity contribution < 1.29 is 13.2 Å². The van der Waals surface area contributed by atoms with Gasteiger partial charge in [-0.3, -0.25) is 4.72 Å². The number of anilines is 1. The number of sulfonamides is 1. The topological polar surface area (TPSA) is 55.4 Å². The Kier molecular flexibility index (Phi) is 3.57. The molecule has 0 aliphatic carbocycles. The van der Waals surface area contributed by atoms with Gasteiger partial charge in [0.25, 0.3) is 0 Å². The van der Waals surface area contributed by atoms with Crippen molar-refractivity contribution in [3.05, 3.63) is 24.3 Å². The molecule has 0 spiro atoms. The number of hydrogen-bond acceptors (Lipinski definition) is 3. The van der Waals surface area contributed by atoms with Gasteiger partial charge in [-0.15, -0.1) is 0 Å². The minimum atomic E-state index is -3.23. The fourth-order valence-electron chi connectivity index (χ4n) is 1.12. The van der Waals surface area contributed by atoms with Crippen molar-refractivity contribution in [3.8, 4) is 5.75 Å². The third kappa shape index (κ3) is 4.69. The van der Waals surface area contributed by atoms with Crippen molar-refractivity contribution in [2.24, 2.45) is 0 Å². The van der Waals surface area contributed by atoms with Crippen LogP contribution in [0.3, 0.4) is 0 Å². The molecular formula is C10H15NO3S. The summed E-state index contributed by atoms with van der Waals surface area (Å²) >= 11 is 0. The zero-order chi connectivity index (χ0) is 11.5. The standard InChI is InChI=1S/C10H15NO3S/c1-8(2)14-10-6-4-5-9(7-10)11-15(3,12)13/h4-8,11H,1-3H3. The molecule has 0 amide bonds. The average molecular weight is 229 g/mol. The lowest BCUT2D eigenvalue weighted by Gasteiger charge is -2.11. The predicted octanol–water partition coefficient (Wildman–Crippen LogP) is 1.85. The zero-order valence-corrected chi connectivity index (χ0v) is 9.84. The molecule has 1 N–H and O–H groups in total. The molecule has 0 radical (unpaired) electrons. The second-order valence-corrected chi connectivity index (χ2v) is 5.32. The van der Waals surface area contributed by atoms with Gasteiger partial charge in [0, 0.05) is 6.07 Å². The number of hydrogen-bond donors (Lipinski definition) is 1. The van der Waals surface area contributed by atoms with E-state index in [1.54, 1.807) is 24.3 Å². The molecule has 0 atom stereocenters. The predicted molar refractivity (Wildman–Crippen MR) is 60.7 cm³/mol. The van der Waals surface area contributed by atoms with Crippen molar-refractivity contribution in [3.63, 3.8) is 0 Å². The lowest BCUT2D eigenvalue weighted by atomic mass is 10.3. The zero-order valence-electron chi connectivity index (χ0n) is 9.02. The SMILES string of the molecule is CC(C)Oc1cccc(NS(C)(=O)=O)c1. The van der Waals surface area contributed by atoms with E-state index in [1.165, 1.54) is 0 Å². The molecule has 0 saturated heterocycles. The van der Waals surface area contributed by atoms with E-state index in [0.29, 0.717) is 11.4 Å². The van der Waals surface area contributed by atoms with E-state index in [1.807, 2.05) is 13.8 Å². The van der Waals surface area contributed by atoms with E-state index < -0.39 is 10.0 Å². The molecule has 1 aromatic carbocycles. The smallest absolute Gasteiger partial charge is 0.229 e. The molecule has 0 aliphatic rings. The maximum atomic E-state index is 11.0. The van der Waals surface area contributed by atoms with Crippen molar-refractivity contribution in [2.75, 3.05) is 11.0 Å². The molecule has 0 heterocycles. The highest BCUT2D eigenvalue weighted by molar-refractivity contribution is 7.92. The van der Waals surface area contributed by atoms with Gasteiger partial charge >= 0.3 is 0 Å². The molecule has 0 saturated carbocycles. The molecule has 5 heteroatoms. The van der Waals surface area contributed by atoms with Gasteiger partial charge in [0.05, 0.1) is 18.0 Å². The van der Waals surface area contributed by atoms with Gasteiger partial charge in [-0.25, -0.2) is 8.42 Å². The van der Waals surface area contributed by atoms with Crippen LogP contribution in [-0.4, -0.2) is 20.8 Å². The number of nitrogens with one attached hydrogen (secondary N) is 1. The Balaban J connectivity index is 2.83. The molecule has 84 valence electrons. The second kappa shape index (κ2) is 4.53. The van der Waals surface area contributed by atoms with E-state index in [0.717, 1.165) is 6.26 Å². The highest BCUT2D eigenvalue weighted by atomic mass is 32.2. The fourth-order valence-corrected chi connectivity index (χ4v) is 1.67. The van der Waals surface area contributed by atoms with Crippen LogP contribution in [0.1, 0.15) is 13.8 Å². The van der Waals surface area contributed by atoms with Crippen molar-refractivity contribution in [1.82, 2.24) is 0 Å². The van der Waals surface area contributed by atoms with Crippen LogP contribution in [0.4, 0.5) is 5.69 Å². The van der Waals surface area contributed by atoms with Crippen LogP contribution in [0.5, 0.6) is 5.75 Å². The first-order valence-corrected chi connectivity index (χ1v) is 6.50. The number of ether oxygens (including phenoxy) is 1. The average Bonchev–Trinajstić information content (AvgIpc) is 1.99. The van der Waals surface area contributed by atoms with Gasteiger partial charge in [-0.05, 0) is 26.0 Å². The quantitative estimate of drug-likeness (QED) is 0.857. The molecule has 15 heavy (non-hydrogen) atoms. The Morgan fingerprint density at radius 1 is 1.33 bits per heavy atom. The normalized spacial score (nSPS) is 11.5. The van der Waals surface area contributed by atoms with E-state index in [2.05, 4.69) is 4.72 Å². The number of rotatable bonds is 4. The van der Waals surface area contributed by atoms with Gasteiger partial charge in [-0.1, -0.05) is 6.07 Å². The van der Waals surface area contributed by atoms with Crippen LogP contribution in [0.2, 0.25) is 0 Å². The summed E-state index contributed by atoms with van der Waals surface area (Å²) in [5.41, 5.74) is 0.510. The van der Waals surface area contributed by atoms with Crippen LogP contribution in [0.15, 0.2) is 24.3 Å². The Bertz CT molecular complexity index is 426. The van der Waals surface area contributed by atoms with Crippen LogP contribution in [-0.2, 0) is 10.0 Å². The molecule has 0 unspecified atom stereocenters. The maximum absolute atomic E-state index is 11.0. The van der Waals surface area contributed by atoms with Crippen molar-refractivity contribution >= 4 is 15.7 Å². The van der Waals surface area contributed by atoms with Gasteiger partial charge in [-0.2, -0.15) is 0 Å². The van der Waals surface area contributed by atoms with Crippen molar-refractivity contribution in [1.29, 1.82) is 0 Å². The summed E-state index contributed by atoms with van der Waals surface area (Å²) in [7, 11) is -3.23. The third-order valence-corrected chi connectivity index (χ3v) is 2.12. The summed E-state index contributed by atoms with van der Waals surface area (Å²) < 4.78 is 29.8. The highest BCUT2D eigenvalue weighted by Crippen LogP contribution is 2.19. The third-order valence-electron chi connectivity index (χ3n) is 1.51. The summed E-state index contributed by atoms with van der Waals surface area (Å²) in [4.78, 5) is 0. The van der Waals surface area contributed by atoms with E-state index in [4.69, 9.17) is 4.74 Å². The van der Waals surface area contributed by atoms with Crippen LogP contribution < -0.4 is 9.46 Å². The van der Waals surface area contributed by atoms with Crippen LogP contribution in [0, 0.1) is 0 Å². The van der Waals surface area contributed by atoms with Gasteiger partial charge in [0.1, 0.15) is 5.75 Å². The molecule has 1 aromatic rings. The molecule has 1 rings (SSSR count). The Hall–Kier alpha value is -1.23. The van der Waals surface area contributed by atoms with Crippen LogP contribution in [0.25, 0.3) is 0 Å². The van der Waals surface area contributed by atoms with E-state index in [9.17, 15) is 8.42 Å². The van der Waals surface area contributed by atoms with E-state index >= 15 is 0 Å². The first-order valence-electron chi connectivity index (χ1n) is 4.61. The summed E-state index contributed by atoms with van der Waals surface area (Å²) in [5, 5.41) is 0. The molecular weight excluding hydrogens is 214 g/mol. The first-order chi connectivity index (χ1) is 6.87. The number of benzene rings is 1. The molecule has 0 bridgehead atoms. The molecule has 0 aliphatic heterocycles. The Labute approximate surface area is 90.3 Å². The summed E-state index contributed by atoms with van der Waals surface area (Å²) in [5.74, 6) is 0.652. The van der Waals surface area contributed by atoms with Crippen molar-refractivity contribution in [2.45, 2.75) is 20.0 Å². The minimum Gasteiger partial charge on any atom is -0.491 e. The lowest BCUT2D eigenvalue weighted by molar-refractivity contribution is 0.242. The van der Waals surface area contributed by atoms with Gasteiger partial charge < -0.3 is 4.74 Å². The van der Waals surface area contributed by atoms with Gasteiger partial charge in [0.2, 0.25) is 10.0 Å².